The number of benzene rings is 2. The van der Waals surface area contributed by atoms with Crippen molar-refractivity contribution in [1.29, 1.82) is 0 Å². The Morgan fingerprint density at radius 1 is 1.23 bits per heavy atom. The minimum absolute atomic E-state index is 0.0285. The predicted molar refractivity (Wildman–Crippen MR) is 95.2 cm³/mol. The minimum Gasteiger partial charge on any atom is -0.497 e. The number of aryl methyl sites for hydroxylation is 1. The molecule has 0 spiro atoms. The highest BCUT2D eigenvalue weighted by Crippen LogP contribution is 2.25. The summed E-state index contributed by atoms with van der Waals surface area (Å²) in [5.41, 5.74) is 0.979. The number of carbonyl (C=O) groups is 1. The third-order valence-electron chi connectivity index (χ3n) is 4.31. The van der Waals surface area contributed by atoms with Gasteiger partial charge in [-0.25, -0.2) is 12.8 Å². The maximum absolute atomic E-state index is 13.4. The van der Waals surface area contributed by atoms with E-state index in [1.54, 1.807) is 25.1 Å². The van der Waals surface area contributed by atoms with Crippen LogP contribution in [-0.2, 0) is 14.8 Å². The number of methoxy groups -OCH3 is 1. The van der Waals surface area contributed by atoms with Crippen molar-refractivity contribution in [2.24, 2.45) is 0 Å². The first kappa shape index (κ1) is 18.3. The largest absolute Gasteiger partial charge is 0.497 e. The average Bonchev–Trinajstić information content (AvgIpc) is 2.97. The summed E-state index contributed by atoms with van der Waals surface area (Å²) in [6, 6.07) is 9.55. The average molecular weight is 378 g/mol. The number of halogens is 1. The zero-order valence-corrected chi connectivity index (χ0v) is 15.2. The van der Waals surface area contributed by atoms with Gasteiger partial charge in [0, 0.05) is 18.3 Å². The van der Waals surface area contributed by atoms with Crippen LogP contribution >= 0.6 is 0 Å². The van der Waals surface area contributed by atoms with E-state index in [0.29, 0.717) is 30.0 Å². The summed E-state index contributed by atoms with van der Waals surface area (Å²) in [6.07, 6.45) is 0.332. The van der Waals surface area contributed by atoms with Crippen molar-refractivity contribution in [1.82, 2.24) is 4.72 Å². The van der Waals surface area contributed by atoms with Gasteiger partial charge in [-0.2, -0.15) is 4.72 Å². The number of hydrogen-bond acceptors (Lipinski definition) is 4. The molecule has 26 heavy (non-hydrogen) atoms. The number of nitrogens with one attached hydrogen (secondary N) is 1. The lowest BCUT2D eigenvalue weighted by molar-refractivity contribution is -0.118. The van der Waals surface area contributed by atoms with E-state index in [1.807, 2.05) is 0 Å². The molecule has 3 rings (SSSR count). The molecule has 1 N–H and O–H groups in total. The molecule has 1 unspecified atom stereocenters. The third-order valence-corrected chi connectivity index (χ3v) is 5.78. The maximum Gasteiger partial charge on any atom is 0.245 e. The summed E-state index contributed by atoms with van der Waals surface area (Å²) in [5.74, 6) is -0.299. The van der Waals surface area contributed by atoms with Crippen LogP contribution in [0.1, 0.15) is 12.0 Å². The standard InChI is InChI=1S/C18H19FN2O4S/c1-12-10-13(6-7-16(12)19)21-9-8-17(18(21)22)20-26(23,24)15-5-3-4-14(11-15)25-2/h3-7,10-11,17,20H,8-9H2,1-2H3. The summed E-state index contributed by atoms with van der Waals surface area (Å²) < 4.78 is 46.0. The summed E-state index contributed by atoms with van der Waals surface area (Å²) in [5, 5.41) is 0. The molecule has 8 heteroatoms. The highest BCUT2D eigenvalue weighted by Gasteiger charge is 2.35. The van der Waals surface area contributed by atoms with E-state index in [2.05, 4.69) is 4.72 Å². The van der Waals surface area contributed by atoms with Gasteiger partial charge in [-0.15, -0.1) is 0 Å². The normalized spacial score (nSPS) is 17.6. The maximum atomic E-state index is 13.4. The zero-order chi connectivity index (χ0) is 18.9. The molecule has 0 saturated carbocycles. The van der Waals surface area contributed by atoms with Crippen LogP contribution in [0.3, 0.4) is 0 Å². The van der Waals surface area contributed by atoms with Crippen LogP contribution in [0.2, 0.25) is 0 Å². The van der Waals surface area contributed by atoms with E-state index in [9.17, 15) is 17.6 Å². The van der Waals surface area contributed by atoms with E-state index in [1.165, 1.54) is 36.3 Å². The number of hydrogen-bond donors (Lipinski definition) is 1. The number of amides is 1. The Balaban J connectivity index is 1.78. The Hall–Kier alpha value is -2.45. The van der Waals surface area contributed by atoms with Gasteiger partial charge in [0.05, 0.1) is 12.0 Å². The lowest BCUT2D eigenvalue weighted by atomic mass is 10.2. The van der Waals surface area contributed by atoms with E-state index >= 15 is 0 Å². The van der Waals surface area contributed by atoms with Gasteiger partial charge in [-0.1, -0.05) is 6.07 Å². The molecular weight excluding hydrogens is 359 g/mol. The quantitative estimate of drug-likeness (QED) is 0.866. The van der Waals surface area contributed by atoms with Crippen molar-refractivity contribution in [3.63, 3.8) is 0 Å². The summed E-state index contributed by atoms with van der Waals surface area (Å²) in [7, 11) is -2.42. The number of nitrogens with zero attached hydrogens (tertiary/aromatic N) is 1. The molecule has 2 aromatic rings. The molecule has 1 amide bonds. The molecular formula is C18H19FN2O4S. The van der Waals surface area contributed by atoms with E-state index < -0.39 is 16.1 Å². The molecule has 138 valence electrons. The first-order valence-corrected chi connectivity index (χ1v) is 9.54. The van der Waals surface area contributed by atoms with Crippen molar-refractivity contribution < 1.29 is 22.3 Å². The molecule has 0 bridgehead atoms. The second-order valence-electron chi connectivity index (χ2n) is 6.06. The summed E-state index contributed by atoms with van der Waals surface area (Å²) in [4.78, 5) is 14.1. The van der Waals surface area contributed by atoms with E-state index in [-0.39, 0.29) is 16.6 Å². The van der Waals surface area contributed by atoms with Gasteiger partial charge >= 0.3 is 0 Å². The van der Waals surface area contributed by atoms with Gasteiger partial charge in [0.25, 0.3) is 0 Å². The molecule has 6 nitrogen and oxygen atoms in total. The Kier molecular flexibility index (Phi) is 4.97. The number of sulfonamides is 1. The molecule has 1 aliphatic heterocycles. The van der Waals surface area contributed by atoms with Gasteiger partial charge in [0.15, 0.2) is 0 Å². The highest BCUT2D eigenvalue weighted by atomic mass is 32.2. The smallest absolute Gasteiger partial charge is 0.245 e. The predicted octanol–water partition coefficient (Wildman–Crippen LogP) is 2.23. The lowest BCUT2D eigenvalue weighted by Gasteiger charge is -2.18. The summed E-state index contributed by atoms with van der Waals surface area (Å²) >= 11 is 0. The Labute approximate surface area is 151 Å². The van der Waals surface area contributed by atoms with Crippen LogP contribution in [0.4, 0.5) is 10.1 Å². The lowest BCUT2D eigenvalue weighted by Crippen LogP contribution is -2.41. The fourth-order valence-corrected chi connectivity index (χ4v) is 4.12. The van der Waals surface area contributed by atoms with Crippen LogP contribution < -0.4 is 14.4 Å². The molecule has 0 aromatic heterocycles. The van der Waals surface area contributed by atoms with Gasteiger partial charge in [-0.3, -0.25) is 4.79 Å². The fourth-order valence-electron chi connectivity index (χ4n) is 2.87. The van der Waals surface area contributed by atoms with Crippen LogP contribution in [0.5, 0.6) is 5.75 Å². The van der Waals surface area contributed by atoms with Gasteiger partial charge in [0.1, 0.15) is 17.6 Å². The fraction of sp³-hybridized carbons (Fsp3) is 0.278. The van der Waals surface area contributed by atoms with Crippen molar-refractivity contribution in [2.75, 3.05) is 18.6 Å². The second-order valence-corrected chi connectivity index (χ2v) is 7.78. The van der Waals surface area contributed by atoms with Gasteiger partial charge in [0.2, 0.25) is 15.9 Å². The Bertz CT molecular complexity index is 946. The molecule has 1 heterocycles. The zero-order valence-electron chi connectivity index (χ0n) is 14.4. The Morgan fingerprint density at radius 3 is 2.69 bits per heavy atom. The minimum atomic E-state index is -3.87. The summed E-state index contributed by atoms with van der Waals surface area (Å²) in [6.45, 7) is 1.97. The molecule has 1 aliphatic rings. The number of rotatable bonds is 5. The van der Waals surface area contributed by atoms with Crippen molar-refractivity contribution in [2.45, 2.75) is 24.3 Å². The number of anilines is 1. The van der Waals surface area contributed by atoms with E-state index in [4.69, 9.17) is 4.74 Å². The molecule has 2 aromatic carbocycles. The van der Waals surface area contributed by atoms with Crippen LogP contribution in [-0.4, -0.2) is 34.0 Å². The molecule has 1 fully saturated rings. The number of ether oxygens (including phenoxy) is 1. The number of carbonyl (C=O) groups excluding carboxylic acids is 1. The van der Waals surface area contributed by atoms with Crippen molar-refractivity contribution in [3.8, 4) is 5.75 Å². The topological polar surface area (TPSA) is 75.7 Å². The SMILES string of the molecule is COc1cccc(S(=O)(=O)NC2CCN(c3ccc(F)c(C)c3)C2=O)c1. The monoisotopic (exact) mass is 378 g/mol. The highest BCUT2D eigenvalue weighted by molar-refractivity contribution is 7.89. The Morgan fingerprint density at radius 2 is 2.00 bits per heavy atom. The second kappa shape index (κ2) is 7.05. The molecule has 0 aliphatic carbocycles. The molecule has 1 atom stereocenters. The van der Waals surface area contributed by atoms with Gasteiger partial charge < -0.3 is 9.64 Å². The molecule has 1 saturated heterocycles. The van der Waals surface area contributed by atoms with Crippen LogP contribution in [0, 0.1) is 12.7 Å². The van der Waals surface area contributed by atoms with Gasteiger partial charge in [-0.05, 0) is 49.2 Å². The molecule has 0 radical (unpaired) electrons. The van der Waals surface area contributed by atoms with E-state index in [0.717, 1.165) is 0 Å². The first-order valence-electron chi connectivity index (χ1n) is 8.06. The van der Waals surface area contributed by atoms with Crippen molar-refractivity contribution >= 4 is 21.6 Å². The van der Waals surface area contributed by atoms with Crippen LogP contribution in [0.15, 0.2) is 47.4 Å². The van der Waals surface area contributed by atoms with Crippen molar-refractivity contribution in [3.05, 3.63) is 53.8 Å². The first-order chi connectivity index (χ1) is 12.3. The third kappa shape index (κ3) is 3.56. The van der Waals surface area contributed by atoms with Crippen LogP contribution in [0.25, 0.3) is 0 Å².